The predicted molar refractivity (Wildman–Crippen MR) is 81.9 cm³/mol. The summed E-state index contributed by atoms with van der Waals surface area (Å²) in [5.41, 5.74) is 7.64. The maximum Gasteiger partial charge on any atom is 0.407 e. The first-order valence-corrected chi connectivity index (χ1v) is 6.69. The molecule has 1 amide bonds. The lowest BCUT2D eigenvalue weighted by molar-refractivity contribution is 0.0524. The number of hydrogen-bond acceptors (Lipinski definition) is 4. The van der Waals surface area contributed by atoms with E-state index >= 15 is 0 Å². The van der Waals surface area contributed by atoms with Crippen LogP contribution >= 0.6 is 0 Å². The molecule has 3 N–H and O–H groups in total. The Balaban J connectivity index is 2.57. The molecule has 0 bridgehead atoms. The summed E-state index contributed by atoms with van der Waals surface area (Å²) >= 11 is 0. The molecular weight excluding hydrogens is 254 g/mol. The Morgan fingerprint density at radius 2 is 2.05 bits per heavy atom. The van der Waals surface area contributed by atoms with E-state index < -0.39 is 11.7 Å². The van der Waals surface area contributed by atoms with Crippen LogP contribution in [-0.4, -0.2) is 32.3 Å². The second kappa shape index (κ2) is 6.61. The summed E-state index contributed by atoms with van der Waals surface area (Å²) in [5, 5.41) is 2.69. The molecule has 1 aromatic rings. The smallest absolute Gasteiger partial charge is 0.407 e. The lowest BCUT2D eigenvalue weighted by Crippen LogP contribution is -2.36. The third kappa shape index (κ3) is 5.48. The van der Waals surface area contributed by atoms with Gasteiger partial charge in [0.1, 0.15) is 5.60 Å². The molecule has 5 heteroatoms. The molecule has 0 aliphatic heterocycles. The van der Waals surface area contributed by atoms with Gasteiger partial charge in [-0.25, -0.2) is 4.79 Å². The molecule has 20 heavy (non-hydrogen) atoms. The fourth-order valence-corrected chi connectivity index (χ4v) is 1.66. The molecule has 1 rings (SSSR count). The minimum atomic E-state index is -0.501. The molecule has 0 spiro atoms. The molecule has 1 aromatic carbocycles. The van der Waals surface area contributed by atoms with Gasteiger partial charge in [-0.05, 0) is 38.5 Å². The quantitative estimate of drug-likeness (QED) is 0.887. The topological polar surface area (TPSA) is 67.6 Å². The van der Waals surface area contributed by atoms with Crippen molar-refractivity contribution < 1.29 is 9.53 Å². The monoisotopic (exact) mass is 279 g/mol. The number of nitrogens with zero attached hydrogens (tertiary/aromatic N) is 1. The Labute approximate surface area is 121 Å². The normalized spacial score (nSPS) is 12.7. The van der Waals surface area contributed by atoms with Crippen molar-refractivity contribution >= 4 is 11.8 Å². The summed E-state index contributed by atoms with van der Waals surface area (Å²) in [6, 6.07) is 7.67. The number of alkyl carbamates (subject to hydrolysis) is 1. The number of nitrogens with two attached hydrogens (primary N) is 1. The van der Waals surface area contributed by atoms with Gasteiger partial charge < -0.3 is 20.7 Å². The third-order valence-electron chi connectivity index (χ3n) is 2.68. The number of rotatable bonds is 4. The molecule has 0 aromatic heterocycles. The van der Waals surface area contributed by atoms with Crippen LogP contribution in [0.2, 0.25) is 0 Å². The fourth-order valence-electron chi connectivity index (χ4n) is 1.66. The minimum Gasteiger partial charge on any atom is -0.444 e. The molecule has 0 radical (unpaired) electrons. The standard InChI is InChI=1S/C15H25N3O2/c1-15(2,3)20-14(19)17-10-13(16)11-7-6-8-12(9-11)18(4)5/h6-9,13H,10,16H2,1-5H3,(H,17,19). The van der Waals surface area contributed by atoms with Crippen molar-refractivity contribution in [1.29, 1.82) is 0 Å². The Kier molecular flexibility index (Phi) is 5.39. The van der Waals surface area contributed by atoms with Gasteiger partial charge in [0.05, 0.1) is 0 Å². The molecule has 0 aliphatic rings. The highest BCUT2D eigenvalue weighted by Crippen LogP contribution is 2.17. The first kappa shape index (κ1) is 16.3. The number of amides is 1. The van der Waals surface area contributed by atoms with Crippen LogP contribution in [-0.2, 0) is 4.74 Å². The van der Waals surface area contributed by atoms with Crippen molar-refractivity contribution in [3.05, 3.63) is 29.8 Å². The summed E-state index contributed by atoms with van der Waals surface area (Å²) < 4.78 is 5.17. The zero-order valence-electron chi connectivity index (χ0n) is 12.9. The number of benzene rings is 1. The zero-order chi connectivity index (χ0) is 15.3. The van der Waals surface area contributed by atoms with E-state index in [4.69, 9.17) is 10.5 Å². The first-order valence-electron chi connectivity index (χ1n) is 6.69. The van der Waals surface area contributed by atoms with Crippen LogP contribution < -0.4 is 16.0 Å². The lowest BCUT2D eigenvalue weighted by atomic mass is 10.1. The van der Waals surface area contributed by atoms with Gasteiger partial charge in [-0.2, -0.15) is 0 Å². The van der Waals surface area contributed by atoms with E-state index in [1.807, 2.05) is 64.0 Å². The van der Waals surface area contributed by atoms with Crippen LogP contribution in [0, 0.1) is 0 Å². The van der Waals surface area contributed by atoms with Crippen molar-refractivity contribution in [2.24, 2.45) is 5.73 Å². The lowest BCUT2D eigenvalue weighted by Gasteiger charge is -2.21. The maximum atomic E-state index is 11.6. The Morgan fingerprint density at radius 1 is 1.40 bits per heavy atom. The second-order valence-electron chi connectivity index (χ2n) is 5.98. The molecule has 0 heterocycles. The van der Waals surface area contributed by atoms with E-state index in [0.717, 1.165) is 11.3 Å². The summed E-state index contributed by atoms with van der Waals surface area (Å²) in [4.78, 5) is 13.6. The largest absolute Gasteiger partial charge is 0.444 e. The van der Waals surface area contributed by atoms with Crippen LogP contribution in [0.15, 0.2) is 24.3 Å². The summed E-state index contributed by atoms with van der Waals surface area (Å²) in [6.07, 6.45) is -0.447. The average molecular weight is 279 g/mol. The molecular formula is C15H25N3O2. The van der Waals surface area contributed by atoms with Crippen LogP contribution in [0.25, 0.3) is 0 Å². The van der Waals surface area contributed by atoms with E-state index in [1.54, 1.807) is 0 Å². The van der Waals surface area contributed by atoms with Gasteiger partial charge in [0, 0.05) is 32.4 Å². The van der Waals surface area contributed by atoms with Gasteiger partial charge in [0.15, 0.2) is 0 Å². The minimum absolute atomic E-state index is 0.262. The highest BCUT2D eigenvalue weighted by Gasteiger charge is 2.17. The van der Waals surface area contributed by atoms with Crippen molar-refractivity contribution in [3.8, 4) is 0 Å². The van der Waals surface area contributed by atoms with Gasteiger partial charge in [0.25, 0.3) is 0 Å². The van der Waals surface area contributed by atoms with Crippen LogP contribution in [0.4, 0.5) is 10.5 Å². The summed E-state index contributed by atoms with van der Waals surface area (Å²) in [7, 11) is 3.95. The van der Waals surface area contributed by atoms with E-state index in [1.165, 1.54) is 0 Å². The summed E-state index contributed by atoms with van der Waals surface area (Å²) in [5.74, 6) is 0. The van der Waals surface area contributed by atoms with Crippen LogP contribution in [0.5, 0.6) is 0 Å². The second-order valence-corrected chi connectivity index (χ2v) is 5.98. The molecule has 0 saturated heterocycles. The van der Waals surface area contributed by atoms with Crippen LogP contribution in [0.1, 0.15) is 32.4 Å². The van der Waals surface area contributed by atoms with Crippen LogP contribution in [0.3, 0.4) is 0 Å². The fraction of sp³-hybridized carbons (Fsp3) is 0.533. The zero-order valence-corrected chi connectivity index (χ0v) is 12.9. The summed E-state index contributed by atoms with van der Waals surface area (Å²) in [6.45, 7) is 5.82. The number of hydrogen-bond donors (Lipinski definition) is 2. The Bertz CT molecular complexity index is 453. The van der Waals surface area contributed by atoms with Crippen molar-refractivity contribution in [1.82, 2.24) is 5.32 Å². The Hall–Kier alpha value is -1.75. The molecule has 0 saturated carbocycles. The van der Waals surface area contributed by atoms with E-state index in [2.05, 4.69) is 5.32 Å². The molecule has 0 aliphatic carbocycles. The average Bonchev–Trinajstić information content (AvgIpc) is 2.34. The van der Waals surface area contributed by atoms with Gasteiger partial charge >= 0.3 is 6.09 Å². The number of anilines is 1. The van der Waals surface area contributed by atoms with Gasteiger partial charge in [0.2, 0.25) is 0 Å². The molecule has 0 fully saturated rings. The molecule has 1 atom stereocenters. The van der Waals surface area contributed by atoms with Gasteiger partial charge in [-0.15, -0.1) is 0 Å². The third-order valence-corrected chi connectivity index (χ3v) is 2.68. The molecule has 112 valence electrons. The molecule has 5 nitrogen and oxygen atoms in total. The number of nitrogens with one attached hydrogen (secondary N) is 1. The van der Waals surface area contributed by atoms with E-state index in [0.29, 0.717) is 6.54 Å². The number of ether oxygens (including phenoxy) is 1. The highest BCUT2D eigenvalue weighted by molar-refractivity contribution is 5.67. The van der Waals surface area contributed by atoms with Gasteiger partial charge in [-0.1, -0.05) is 12.1 Å². The molecule has 1 unspecified atom stereocenters. The number of carbonyl (C=O) groups excluding carboxylic acids is 1. The SMILES string of the molecule is CN(C)c1cccc(C(N)CNC(=O)OC(C)(C)C)c1. The first-order chi connectivity index (χ1) is 9.19. The van der Waals surface area contributed by atoms with E-state index in [-0.39, 0.29) is 6.04 Å². The Morgan fingerprint density at radius 3 is 2.60 bits per heavy atom. The van der Waals surface area contributed by atoms with Crippen molar-refractivity contribution in [2.45, 2.75) is 32.4 Å². The van der Waals surface area contributed by atoms with Crippen molar-refractivity contribution in [3.63, 3.8) is 0 Å². The number of carbonyl (C=O) groups is 1. The van der Waals surface area contributed by atoms with Gasteiger partial charge in [-0.3, -0.25) is 0 Å². The predicted octanol–water partition coefficient (Wildman–Crippen LogP) is 2.28. The maximum absolute atomic E-state index is 11.6. The highest BCUT2D eigenvalue weighted by atomic mass is 16.6. The van der Waals surface area contributed by atoms with Crippen molar-refractivity contribution in [2.75, 3.05) is 25.5 Å². The van der Waals surface area contributed by atoms with E-state index in [9.17, 15) is 4.79 Å².